The molecule has 2 aromatic heterocycles. The Hall–Kier alpha value is -3.02. The van der Waals surface area contributed by atoms with Crippen molar-refractivity contribution in [3.63, 3.8) is 0 Å². The molecular formula is C24H18ClNO3S. The molecule has 0 aliphatic rings. The van der Waals surface area contributed by atoms with E-state index in [1.165, 1.54) is 11.3 Å². The van der Waals surface area contributed by atoms with Gasteiger partial charge in [-0.05, 0) is 43.0 Å². The first-order valence-corrected chi connectivity index (χ1v) is 10.7. The third-order valence-electron chi connectivity index (χ3n) is 4.87. The number of ether oxygens (including phenoxy) is 1. The van der Waals surface area contributed by atoms with Crippen LogP contribution in [0.3, 0.4) is 0 Å². The summed E-state index contributed by atoms with van der Waals surface area (Å²) in [5, 5.41) is 3.16. The van der Waals surface area contributed by atoms with Crippen molar-refractivity contribution in [2.75, 3.05) is 0 Å². The van der Waals surface area contributed by atoms with Gasteiger partial charge in [-0.2, -0.15) is 0 Å². The van der Waals surface area contributed by atoms with Crippen LogP contribution in [-0.2, 0) is 4.74 Å². The van der Waals surface area contributed by atoms with Crippen LogP contribution in [0.25, 0.3) is 21.5 Å². The van der Waals surface area contributed by atoms with Crippen LogP contribution < -0.4 is 0 Å². The molecule has 0 radical (unpaired) electrons. The standard InChI is InChI=1S/C24H18ClNO3S/c1-14-19(25)11-10-17-18(13-20(26-22(14)17)21-9-6-12-30-21)24(28)29-15(2)23(27)16-7-4-3-5-8-16/h3-13,15H,1-2H3/t15-/m0/s1. The molecule has 0 saturated carbocycles. The van der Waals surface area contributed by atoms with Crippen molar-refractivity contribution in [1.82, 2.24) is 4.98 Å². The Labute approximate surface area is 183 Å². The number of fused-ring (bicyclic) bond motifs is 1. The van der Waals surface area contributed by atoms with E-state index in [4.69, 9.17) is 21.3 Å². The van der Waals surface area contributed by atoms with E-state index in [1.807, 2.05) is 30.5 Å². The number of thiophene rings is 1. The van der Waals surface area contributed by atoms with E-state index in [-0.39, 0.29) is 5.78 Å². The summed E-state index contributed by atoms with van der Waals surface area (Å²) in [6, 6.07) is 17.9. The summed E-state index contributed by atoms with van der Waals surface area (Å²) in [6.45, 7) is 3.45. The van der Waals surface area contributed by atoms with E-state index in [9.17, 15) is 9.59 Å². The van der Waals surface area contributed by atoms with Gasteiger partial charge in [0, 0.05) is 16.0 Å². The molecule has 0 spiro atoms. The van der Waals surface area contributed by atoms with E-state index < -0.39 is 12.1 Å². The zero-order valence-electron chi connectivity index (χ0n) is 16.4. The zero-order chi connectivity index (χ0) is 21.3. The number of benzene rings is 2. The van der Waals surface area contributed by atoms with Crippen molar-refractivity contribution >= 4 is 45.6 Å². The lowest BCUT2D eigenvalue weighted by Gasteiger charge is -2.15. The highest BCUT2D eigenvalue weighted by atomic mass is 35.5. The topological polar surface area (TPSA) is 56.3 Å². The van der Waals surface area contributed by atoms with Crippen molar-refractivity contribution in [3.05, 3.63) is 87.8 Å². The normalized spacial score (nSPS) is 12.0. The van der Waals surface area contributed by atoms with Gasteiger partial charge < -0.3 is 4.74 Å². The molecule has 2 heterocycles. The van der Waals surface area contributed by atoms with Crippen LogP contribution in [0.1, 0.15) is 33.2 Å². The quantitative estimate of drug-likeness (QED) is 0.270. The molecule has 0 unspecified atom stereocenters. The van der Waals surface area contributed by atoms with Crippen molar-refractivity contribution in [3.8, 4) is 10.6 Å². The number of esters is 1. The first kappa shape index (κ1) is 20.3. The Morgan fingerprint density at radius 1 is 1.07 bits per heavy atom. The summed E-state index contributed by atoms with van der Waals surface area (Å²) in [5.41, 5.74) is 2.95. The molecule has 0 bridgehead atoms. The van der Waals surface area contributed by atoms with E-state index in [1.54, 1.807) is 49.4 Å². The molecule has 4 nitrogen and oxygen atoms in total. The highest BCUT2D eigenvalue weighted by molar-refractivity contribution is 7.13. The second kappa shape index (κ2) is 8.38. The Balaban J connectivity index is 1.74. The fraction of sp³-hybridized carbons (Fsp3) is 0.125. The van der Waals surface area contributed by atoms with Gasteiger partial charge in [-0.3, -0.25) is 4.79 Å². The van der Waals surface area contributed by atoms with Crippen LogP contribution in [0.5, 0.6) is 0 Å². The fourth-order valence-electron chi connectivity index (χ4n) is 3.24. The van der Waals surface area contributed by atoms with Gasteiger partial charge in [-0.15, -0.1) is 11.3 Å². The van der Waals surface area contributed by atoms with Gasteiger partial charge in [-0.25, -0.2) is 9.78 Å². The number of ketones is 1. The smallest absolute Gasteiger partial charge is 0.339 e. The predicted octanol–water partition coefficient (Wildman–Crippen LogP) is 6.35. The number of hydrogen-bond donors (Lipinski definition) is 0. The molecule has 30 heavy (non-hydrogen) atoms. The van der Waals surface area contributed by atoms with E-state index in [2.05, 4.69) is 0 Å². The summed E-state index contributed by atoms with van der Waals surface area (Å²) in [6.07, 6.45) is -0.915. The van der Waals surface area contributed by atoms with Gasteiger partial charge >= 0.3 is 5.97 Å². The van der Waals surface area contributed by atoms with Crippen molar-refractivity contribution in [2.24, 2.45) is 0 Å². The number of carbonyl (C=O) groups is 2. The Kier molecular flexibility index (Phi) is 5.66. The second-order valence-electron chi connectivity index (χ2n) is 6.88. The van der Waals surface area contributed by atoms with Gasteiger partial charge in [0.15, 0.2) is 6.10 Å². The Morgan fingerprint density at radius 2 is 1.83 bits per heavy atom. The molecule has 0 aliphatic carbocycles. The molecule has 150 valence electrons. The number of hydrogen-bond acceptors (Lipinski definition) is 5. The number of rotatable bonds is 5. The predicted molar refractivity (Wildman–Crippen MR) is 120 cm³/mol. The number of Topliss-reactive ketones (excluding diaryl/α,β-unsaturated/α-hetero) is 1. The number of aromatic nitrogens is 1. The maximum atomic E-state index is 13.1. The third-order valence-corrected chi connectivity index (χ3v) is 6.18. The zero-order valence-corrected chi connectivity index (χ0v) is 18.0. The van der Waals surface area contributed by atoms with E-state index >= 15 is 0 Å². The average Bonchev–Trinajstić information content (AvgIpc) is 3.30. The Morgan fingerprint density at radius 3 is 2.53 bits per heavy atom. The Bertz CT molecular complexity index is 1240. The number of aryl methyl sites for hydroxylation is 1. The summed E-state index contributed by atoms with van der Waals surface area (Å²) in [4.78, 5) is 31.4. The minimum Gasteiger partial charge on any atom is -0.451 e. The number of nitrogens with zero attached hydrogens (tertiary/aromatic N) is 1. The third kappa shape index (κ3) is 3.86. The maximum Gasteiger partial charge on any atom is 0.339 e. The lowest BCUT2D eigenvalue weighted by atomic mass is 10.0. The van der Waals surface area contributed by atoms with Crippen molar-refractivity contribution in [1.29, 1.82) is 0 Å². The van der Waals surface area contributed by atoms with Gasteiger partial charge in [0.1, 0.15) is 0 Å². The van der Waals surface area contributed by atoms with Gasteiger partial charge in [0.05, 0.1) is 21.7 Å². The van der Waals surface area contributed by atoms with E-state index in [0.29, 0.717) is 32.7 Å². The molecule has 0 aliphatic heterocycles. The lowest BCUT2D eigenvalue weighted by Crippen LogP contribution is -2.24. The second-order valence-corrected chi connectivity index (χ2v) is 8.23. The molecular weight excluding hydrogens is 418 g/mol. The summed E-state index contributed by atoms with van der Waals surface area (Å²) in [7, 11) is 0. The number of halogens is 1. The van der Waals surface area contributed by atoms with Crippen LogP contribution >= 0.6 is 22.9 Å². The molecule has 1 atom stereocenters. The fourth-order valence-corrected chi connectivity index (χ4v) is 4.08. The van der Waals surface area contributed by atoms with Crippen molar-refractivity contribution < 1.29 is 14.3 Å². The minimum absolute atomic E-state index is 0.250. The van der Waals surface area contributed by atoms with Gasteiger partial charge in [0.25, 0.3) is 0 Å². The number of carbonyl (C=O) groups excluding carboxylic acids is 2. The first-order valence-electron chi connectivity index (χ1n) is 9.39. The van der Waals surface area contributed by atoms with Crippen LogP contribution in [0, 0.1) is 6.92 Å². The summed E-state index contributed by atoms with van der Waals surface area (Å²) < 4.78 is 5.56. The van der Waals surface area contributed by atoms with Crippen molar-refractivity contribution in [2.45, 2.75) is 20.0 Å². The first-order chi connectivity index (χ1) is 14.5. The SMILES string of the molecule is Cc1c(Cl)ccc2c(C(=O)O[C@@H](C)C(=O)c3ccccc3)cc(-c3cccs3)nc12. The largest absolute Gasteiger partial charge is 0.451 e. The molecule has 4 aromatic rings. The molecule has 0 amide bonds. The minimum atomic E-state index is -0.915. The van der Waals surface area contributed by atoms with Gasteiger partial charge in [0.2, 0.25) is 5.78 Å². The molecule has 0 fully saturated rings. The summed E-state index contributed by atoms with van der Waals surface area (Å²) >= 11 is 7.82. The van der Waals surface area contributed by atoms with Crippen LogP contribution in [-0.4, -0.2) is 22.8 Å². The molecule has 0 N–H and O–H groups in total. The number of pyridine rings is 1. The van der Waals surface area contributed by atoms with Crippen LogP contribution in [0.4, 0.5) is 0 Å². The van der Waals surface area contributed by atoms with Crippen LogP contribution in [0.15, 0.2) is 66.0 Å². The lowest BCUT2D eigenvalue weighted by molar-refractivity contribution is 0.0320. The van der Waals surface area contributed by atoms with E-state index in [0.717, 1.165) is 10.4 Å². The maximum absolute atomic E-state index is 13.1. The van der Waals surface area contributed by atoms with Crippen LogP contribution in [0.2, 0.25) is 5.02 Å². The van der Waals surface area contributed by atoms with Gasteiger partial charge in [-0.1, -0.05) is 54.1 Å². The highest BCUT2D eigenvalue weighted by Gasteiger charge is 2.23. The monoisotopic (exact) mass is 435 g/mol. The molecule has 2 aromatic carbocycles. The molecule has 0 saturated heterocycles. The highest BCUT2D eigenvalue weighted by Crippen LogP contribution is 2.32. The summed E-state index contributed by atoms with van der Waals surface area (Å²) in [5.74, 6) is -0.821. The molecule has 4 rings (SSSR count). The molecule has 6 heteroatoms. The average molecular weight is 436 g/mol.